The van der Waals surface area contributed by atoms with Gasteiger partial charge in [-0.25, -0.2) is 0 Å². The van der Waals surface area contributed by atoms with Gasteiger partial charge in [-0.05, 0) is 50.7 Å². The Balaban J connectivity index is 1.21. The highest BCUT2D eigenvalue weighted by molar-refractivity contribution is 5.20. The first kappa shape index (κ1) is 24.4. The van der Waals surface area contributed by atoms with Gasteiger partial charge in [0, 0.05) is 32.0 Å². The zero-order valence-electron chi connectivity index (χ0n) is 19.8. The third kappa shape index (κ3) is 6.49. The van der Waals surface area contributed by atoms with Crippen LogP contribution in [-0.4, -0.2) is 74.8 Å². The maximum atomic E-state index is 10.1. The van der Waals surface area contributed by atoms with Gasteiger partial charge in [0.25, 0.3) is 0 Å². The molecule has 34 heavy (non-hydrogen) atoms. The van der Waals surface area contributed by atoms with Crippen LogP contribution in [0.25, 0.3) is 0 Å². The fourth-order valence-electron chi connectivity index (χ4n) is 5.42. The van der Waals surface area contributed by atoms with Crippen LogP contribution in [0, 0.1) is 5.92 Å². The molecular weight excluding hydrogens is 440 g/mol. The molecule has 4 aliphatic rings. The fourth-order valence-corrected chi connectivity index (χ4v) is 5.42. The molecule has 0 aromatic heterocycles. The van der Waals surface area contributed by atoms with Gasteiger partial charge in [0.15, 0.2) is 18.9 Å². The van der Waals surface area contributed by atoms with E-state index < -0.39 is 6.29 Å². The average Bonchev–Trinajstić information content (AvgIpc) is 3.38. The Morgan fingerprint density at radius 3 is 2.41 bits per heavy atom. The molecule has 190 valence electrons. The molecule has 7 unspecified atom stereocenters. The molecule has 0 radical (unpaired) electrons. The summed E-state index contributed by atoms with van der Waals surface area (Å²) in [5.41, 5.74) is 0. The number of hydrogen-bond acceptors (Lipinski definition) is 8. The Bertz CT molecular complexity index is 721. The lowest BCUT2D eigenvalue weighted by Gasteiger charge is -2.32. The molecule has 1 N–H and O–H groups in total. The summed E-state index contributed by atoms with van der Waals surface area (Å²) < 4.78 is 42.5. The van der Waals surface area contributed by atoms with Crippen molar-refractivity contribution in [2.75, 3.05) is 26.4 Å². The second-order valence-electron chi connectivity index (χ2n) is 9.71. The minimum Gasteiger partial charge on any atom is -0.491 e. The second-order valence-corrected chi connectivity index (χ2v) is 9.71. The van der Waals surface area contributed by atoms with Crippen LogP contribution in [0.5, 0.6) is 5.75 Å². The van der Waals surface area contributed by atoms with E-state index in [-0.39, 0.29) is 42.9 Å². The summed E-state index contributed by atoms with van der Waals surface area (Å²) in [7, 11) is 0. The number of ether oxygens (including phenoxy) is 7. The normalized spacial score (nSPS) is 36.8. The SMILES string of the molecule is OC1C[C@@H]2C(CC(OC3CCCCO3)C2OCC(COc2ccccc2)OC2CCCCO2)O1. The fraction of sp³-hybridized carbons (Fsp3) is 0.769. The molecule has 3 heterocycles. The zero-order valence-corrected chi connectivity index (χ0v) is 19.8. The van der Waals surface area contributed by atoms with Gasteiger partial charge in [0.1, 0.15) is 18.5 Å². The van der Waals surface area contributed by atoms with Crippen LogP contribution in [0.15, 0.2) is 30.3 Å². The van der Waals surface area contributed by atoms with E-state index in [9.17, 15) is 5.11 Å². The van der Waals surface area contributed by atoms with Crippen molar-refractivity contribution in [3.05, 3.63) is 30.3 Å². The molecule has 3 saturated heterocycles. The molecule has 8 heteroatoms. The van der Waals surface area contributed by atoms with Crippen LogP contribution in [-0.2, 0) is 28.4 Å². The highest BCUT2D eigenvalue weighted by atomic mass is 16.7. The van der Waals surface area contributed by atoms with Crippen molar-refractivity contribution < 1.29 is 38.3 Å². The zero-order chi connectivity index (χ0) is 23.2. The predicted octanol–water partition coefficient (Wildman–Crippen LogP) is 3.40. The van der Waals surface area contributed by atoms with Gasteiger partial charge in [-0.3, -0.25) is 0 Å². The van der Waals surface area contributed by atoms with Gasteiger partial charge in [-0.1, -0.05) is 18.2 Å². The molecule has 8 nitrogen and oxygen atoms in total. The smallest absolute Gasteiger partial charge is 0.158 e. The molecule has 5 rings (SSSR count). The quantitative estimate of drug-likeness (QED) is 0.548. The topological polar surface area (TPSA) is 84.8 Å². The molecular formula is C26H38O8. The molecule has 1 saturated carbocycles. The maximum absolute atomic E-state index is 10.1. The summed E-state index contributed by atoms with van der Waals surface area (Å²) in [6.45, 7) is 2.17. The van der Waals surface area contributed by atoms with Crippen molar-refractivity contribution in [3.8, 4) is 5.75 Å². The van der Waals surface area contributed by atoms with Crippen LogP contribution in [0.4, 0.5) is 0 Å². The lowest BCUT2D eigenvalue weighted by molar-refractivity contribution is -0.227. The van der Waals surface area contributed by atoms with Crippen LogP contribution in [0.1, 0.15) is 51.4 Å². The van der Waals surface area contributed by atoms with Crippen molar-refractivity contribution in [3.63, 3.8) is 0 Å². The van der Waals surface area contributed by atoms with E-state index in [0.29, 0.717) is 26.1 Å². The molecule has 0 amide bonds. The van der Waals surface area contributed by atoms with Gasteiger partial charge in [0.2, 0.25) is 0 Å². The molecule has 1 aliphatic carbocycles. The summed E-state index contributed by atoms with van der Waals surface area (Å²) >= 11 is 0. The van der Waals surface area contributed by atoms with Gasteiger partial charge < -0.3 is 38.3 Å². The number of rotatable bonds is 10. The number of aliphatic hydroxyl groups excluding tert-OH is 1. The summed E-state index contributed by atoms with van der Waals surface area (Å²) in [5, 5.41) is 10.1. The molecule has 1 aromatic carbocycles. The van der Waals surface area contributed by atoms with Gasteiger partial charge in [-0.15, -0.1) is 0 Å². The molecule has 1 aromatic rings. The van der Waals surface area contributed by atoms with Crippen molar-refractivity contribution in [2.45, 2.75) is 94.7 Å². The van der Waals surface area contributed by atoms with Crippen molar-refractivity contribution in [1.82, 2.24) is 0 Å². The Kier molecular flexibility index (Phi) is 8.71. The van der Waals surface area contributed by atoms with Crippen molar-refractivity contribution >= 4 is 0 Å². The maximum Gasteiger partial charge on any atom is 0.158 e. The van der Waals surface area contributed by atoms with E-state index in [1.807, 2.05) is 30.3 Å². The van der Waals surface area contributed by atoms with Crippen LogP contribution >= 0.6 is 0 Å². The predicted molar refractivity (Wildman–Crippen MR) is 122 cm³/mol. The first-order valence-corrected chi connectivity index (χ1v) is 12.9. The molecule has 8 atom stereocenters. The van der Waals surface area contributed by atoms with Crippen molar-refractivity contribution in [2.24, 2.45) is 5.92 Å². The number of fused-ring (bicyclic) bond motifs is 1. The van der Waals surface area contributed by atoms with E-state index >= 15 is 0 Å². The Morgan fingerprint density at radius 2 is 1.68 bits per heavy atom. The van der Waals surface area contributed by atoms with Crippen LogP contribution < -0.4 is 4.74 Å². The van der Waals surface area contributed by atoms with E-state index in [2.05, 4.69) is 0 Å². The Hall–Kier alpha value is -1.26. The molecule has 4 fully saturated rings. The van der Waals surface area contributed by atoms with Gasteiger partial charge in [0.05, 0.1) is 24.9 Å². The first-order valence-electron chi connectivity index (χ1n) is 12.9. The summed E-state index contributed by atoms with van der Waals surface area (Å²) in [6, 6.07) is 9.73. The summed E-state index contributed by atoms with van der Waals surface area (Å²) in [4.78, 5) is 0. The number of benzene rings is 1. The third-order valence-electron chi connectivity index (χ3n) is 7.14. The minimum atomic E-state index is -0.739. The van der Waals surface area contributed by atoms with E-state index in [1.165, 1.54) is 0 Å². The highest BCUT2D eigenvalue weighted by Crippen LogP contribution is 2.42. The Labute approximate surface area is 201 Å². The van der Waals surface area contributed by atoms with E-state index in [1.54, 1.807) is 0 Å². The largest absolute Gasteiger partial charge is 0.491 e. The number of hydrogen-bond donors (Lipinski definition) is 1. The summed E-state index contributed by atoms with van der Waals surface area (Å²) in [5.74, 6) is 0.884. The monoisotopic (exact) mass is 478 g/mol. The van der Waals surface area contributed by atoms with Crippen molar-refractivity contribution in [1.29, 1.82) is 0 Å². The van der Waals surface area contributed by atoms with Gasteiger partial charge >= 0.3 is 0 Å². The molecule has 3 aliphatic heterocycles. The number of aliphatic hydroxyl groups is 1. The third-order valence-corrected chi connectivity index (χ3v) is 7.14. The second kappa shape index (κ2) is 12.1. The summed E-state index contributed by atoms with van der Waals surface area (Å²) in [6.07, 6.45) is 5.53. The lowest BCUT2D eigenvalue weighted by Crippen LogP contribution is -2.40. The van der Waals surface area contributed by atoms with E-state index in [0.717, 1.165) is 57.5 Å². The standard InChI is InChI=1S/C26H38O8/c27-23-14-20-21(33-23)15-22(34-25-11-5-7-13-29-25)26(20)31-17-19(32-24-10-4-6-12-28-24)16-30-18-8-2-1-3-9-18/h1-3,8-9,19-27H,4-7,10-17H2/t19?,20-,21?,22?,23?,24?,25?,26?/m1/s1. The Morgan fingerprint density at radius 1 is 0.912 bits per heavy atom. The molecule has 0 spiro atoms. The van der Waals surface area contributed by atoms with Crippen LogP contribution in [0.3, 0.4) is 0 Å². The van der Waals surface area contributed by atoms with Gasteiger partial charge in [-0.2, -0.15) is 0 Å². The van der Waals surface area contributed by atoms with Crippen LogP contribution in [0.2, 0.25) is 0 Å². The minimum absolute atomic E-state index is 0.0600. The number of para-hydroxylation sites is 1. The first-order chi connectivity index (χ1) is 16.7. The highest BCUT2D eigenvalue weighted by Gasteiger charge is 2.51. The lowest BCUT2D eigenvalue weighted by atomic mass is 10.0. The average molecular weight is 479 g/mol. The molecule has 0 bridgehead atoms. The van der Waals surface area contributed by atoms with E-state index in [4.69, 9.17) is 33.2 Å².